The third-order valence-electron chi connectivity index (χ3n) is 2.17. The average molecular weight is 200 g/mol. The Morgan fingerprint density at radius 2 is 2.23 bits per heavy atom. The minimum absolute atomic E-state index is 0.266. The standard InChI is InChI=1S/C9H7ClFNO/c10-9(13)12-4-6-2-1-3-8(11)7(6)5-12/h1-3H,4-5H2. The van der Waals surface area contributed by atoms with E-state index >= 15 is 0 Å². The molecule has 0 radical (unpaired) electrons. The number of amides is 1. The number of hydrogen-bond donors (Lipinski definition) is 0. The second-order valence-corrected chi connectivity index (χ2v) is 3.31. The first-order valence-corrected chi connectivity index (χ1v) is 4.27. The number of fused-ring (bicyclic) bond motifs is 1. The van der Waals surface area contributed by atoms with Crippen LogP contribution in [-0.4, -0.2) is 10.3 Å². The highest BCUT2D eigenvalue weighted by Gasteiger charge is 2.24. The van der Waals surface area contributed by atoms with Gasteiger partial charge in [0.25, 0.3) is 0 Å². The summed E-state index contributed by atoms with van der Waals surface area (Å²) in [5.74, 6) is -0.266. The maximum atomic E-state index is 13.1. The van der Waals surface area contributed by atoms with Crippen LogP contribution in [0.15, 0.2) is 18.2 Å². The van der Waals surface area contributed by atoms with Crippen molar-refractivity contribution in [1.29, 1.82) is 0 Å². The van der Waals surface area contributed by atoms with Crippen molar-refractivity contribution in [2.45, 2.75) is 13.1 Å². The molecule has 0 bridgehead atoms. The Labute approximate surface area is 79.9 Å². The van der Waals surface area contributed by atoms with Gasteiger partial charge in [0.05, 0.1) is 6.54 Å². The largest absolute Gasteiger partial charge is 0.320 e. The number of rotatable bonds is 0. The summed E-state index contributed by atoms with van der Waals surface area (Å²) in [6.45, 7) is 0.694. The topological polar surface area (TPSA) is 20.3 Å². The Balaban J connectivity index is 2.35. The monoisotopic (exact) mass is 199 g/mol. The Morgan fingerprint density at radius 3 is 2.85 bits per heavy atom. The second-order valence-electron chi connectivity index (χ2n) is 2.99. The quantitative estimate of drug-likeness (QED) is 0.464. The number of benzene rings is 1. The SMILES string of the molecule is O=C(Cl)N1Cc2cccc(F)c2C1. The molecule has 1 aliphatic rings. The Hall–Kier alpha value is -1.09. The normalized spacial score (nSPS) is 14.5. The van der Waals surface area contributed by atoms with Crippen LogP contribution < -0.4 is 0 Å². The number of nitrogens with zero attached hydrogens (tertiary/aromatic N) is 1. The van der Waals surface area contributed by atoms with Gasteiger partial charge < -0.3 is 4.90 Å². The molecule has 0 aliphatic carbocycles. The van der Waals surface area contributed by atoms with E-state index in [1.165, 1.54) is 11.0 Å². The van der Waals surface area contributed by atoms with E-state index in [9.17, 15) is 9.18 Å². The average Bonchev–Trinajstić information content (AvgIpc) is 2.49. The van der Waals surface area contributed by atoms with Gasteiger partial charge in [-0.25, -0.2) is 4.39 Å². The van der Waals surface area contributed by atoms with Crippen LogP contribution in [-0.2, 0) is 13.1 Å². The van der Waals surface area contributed by atoms with Crippen molar-refractivity contribution in [3.8, 4) is 0 Å². The maximum Gasteiger partial charge on any atom is 0.316 e. The van der Waals surface area contributed by atoms with Crippen LogP contribution in [0.4, 0.5) is 9.18 Å². The molecule has 68 valence electrons. The first kappa shape index (κ1) is 8.51. The molecular formula is C9H7ClFNO. The van der Waals surface area contributed by atoms with E-state index in [1.54, 1.807) is 12.1 Å². The summed E-state index contributed by atoms with van der Waals surface area (Å²) < 4.78 is 13.1. The van der Waals surface area contributed by atoms with Gasteiger partial charge in [0.1, 0.15) is 5.82 Å². The summed E-state index contributed by atoms with van der Waals surface area (Å²) in [7, 11) is 0. The smallest absolute Gasteiger partial charge is 0.316 e. The predicted octanol–water partition coefficient (Wildman–Crippen LogP) is 2.50. The molecule has 1 amide bonds. The van der Waals surface area contributed by atoms with Gasteiger partial charge in [-0.05, 0) is 23.2 Å². The summed E-state index contributed by atoms with van der Waals surface area (Å²) in [5.41, 5.74) is 1.42. The predicted molar refractivity (Wildman–Crippen MR) is 46.9 cm³/mol. The van der Waals surface area contributed by atoms with E-state index in [1.807, 2.05) is 0 Å². The van der Waals surface area contributed by atoms with Gasteiger partial charge >= 0.3 is 5.37 Å². The van der Waals surface area contributed by atoms with Crippen LogP contribution in [0, 0.1) is 5.82 Å². The molecule has 1 heterocycles. The lowest BCUT2D eigenvalue weighted by Gasteiger charge is -2.08. The minimum atomic E-state index is -0.532. The van der Waals surface area contributed by atoms with E-state index < -0.39 is 5.37 Å². The molecule has 13 heavy (non-hydrogen) atoms. The number of carbonyl (C=O) groups is 1. The molecule has 1 aromatic rings. The van der Waals surface area contributed by atoms with Crippen LogP contribution in [0.2, 0.25) is 0 Å². The Kier molecular flexibility index (Phi) is 1.96. The number of hydrogen-bond acceptors (Lipinski definition) is 1. The lowest BCUT2D eigenvalue weighted by Crippen LogP contribution is -2.18. The van der Waals surface area contributed by atoms with Crippen molar-refractivity contribution >= 4 is 17.0 Å². The van der Waals surface area contributed by atoms with E-state index in [0.29, 0.717) is 12.1 Å². The molecule has 0 N–H and O–H groups in total. The summed E-state index contributed by atoms with van der Waals surface area (Å²) in [5, 5.41) is -0.532. The maximum absolute atomic E-state index is 13.1. The summed E-state index contributed by atoms with van der Waals surface area (Å²) >= 11 is 5.29. The highest BCUT2D eigenvalue weighted by molar-refractivity contribution is 6.62. The number of carbonyl (C=O) groups excluding carboxylic acids is 1. The van der Waals surface area contributed by atoms with Crippen LogP contribution >= 0.6 is 11.6 Å². The molecule has 0 fully saturated rings. The van der Waals surface area contributed by atoms with Gasteiger partial charge in [-0.1, -0.05) is 12.1 Å². The molecule has 0 atom stereocenters. The van der Waals surface area contributed by atoms with Gasteiger partial charge in [0.2, 0.25) is 0 Å². The first-order chi connectivity index (χ1) is 6.18. The lowest BCUT2D eigenvalue weighted by molar-refractivity contribution is 0.222. The van der Waals surface area contributed by atoms with E-state index in [2.05, 4.69) is 0 Å². The zero-order chi connectivity index (χ0) is 9.42. The lowest BCUT2D eigenvalue weighted by atomic mass is 10.1. The fraction of sp³-hybridized carbons (Fsp3) is 0.222. The van der Waals surface area contributed by atoms with Gasteiger partial charge in [0.15, 0.2) is 0 Å². The molecule has 2 nitrogen and oxygen atoms in total. The minimum Gasteiger partial charge on any atom is -0.320 e. The third kappa shape index (κ3) is 1.40. The van der Waals surface area contributed by atoms with Crippen LogP contribution in [0.1, 0.15) is 11.1 Å². The molecule has 1 aromatic carbocycles. The zero-order valence-corrected chi connectivity index (χ0v) is 7.51. The molecule has 2 rings (SSSR count). The summed E-state index contributed by atoms with van der Waals surface area (Å²) in [6.07, 6.45) is 0. The summed E-state index contributed by atoms with van der Waals surface area (Å²) in [6, 6.07) is 4.83. The van der Waals surface area contributed by atoms with Crippen LogP contribution in [0.5, 0.6) is 0 Å². The third-order valence-corrected chi connectivity index (χ3v) is 2.41. The second kappa shape index (κ2) is 3.00. The first-order valence-electron chi connectivity index (χ1n) is 3.89. The molecular weight excluding hydrogens is 193 g/mol. The van der Waals surface area contributed by atoms with Gasteiger partial charge in [-0.2, -0.15) is 0 Å². The summed E-state index contributed by atoms with van der Waals surface area (Å²) in [4.78, 5) is 12.2. The Morgan fingerprint density at radius 1 is 1.46 bits per heavy atom. The van der Waals surface area contributed by atoms with E-state index in [0.717, 1.165) is 5.56 Å². The van der Waals surface area contributed by atoms with Crippen LogP contribution in [0.3, 0.4) is 0 Å². The van der Waals surface area contributed by atoms with E-state index in [4.69, 9.17) is 11.6 Å². The fourth-order valence-corrected chi connectivity index (χ4v) is 1.62. The number of halogens is 2. The van der Waals surface area contributed by atoms with Crippen molar-refractivity contribution in [1.82, 2.24) is 4.90 Å². The molecule has 0 unspecified atom stereocenters. The highest BCUT2D eigenvalue weighted by atomic mass is 35.5. The molecule has 4 heteroatoms. The molecule has 1 aliphatic heterocycles. The van der Waals surface area contributed by atoms with Gasteiger partial charge in [0, 0.05) is 12.1 Å². The van der Waals surface area contributed by atoms with E-state index in [-0.39, 0.29) is 12.4 Å². The highest BCUT2D eigenvalue weighted by Crippen LogP contribution is 2.25. The van der Waals surface area contributed by atoms with Crippen LogP contribution in [0.25, 0.3) is 0 Å². The van der Waals surface area contributed by atoms with Gasteiger partial charge in [-0.3, -0.25) is 4.79 Å². The van der Waals surface area contributed by atoms with Gasteiger partial charge in [-0.15, -0.1) is 0 Å². The van der Waals surface area contributed by atoms with Crippen molar-refractivity contribution in [2.75, 3.05) is 0 Å². The fourth-order valence-electron chi connectivity index (χ4n) is 1.51. The molecule has 0 saturated heterocycles. The van der Waals surface area contributed by atoms with Crippen molar-refractivity contribution in [2.24, 2.45) is 0 Å². The molecule has 0 aromatic heterocycles. The van der Waals surface area contributed by atoms with Crippen molar-refractivity contribution < 1.29 is 9.18 Å². The zero-order valence-electron chi connectivity index (χ0n) is 6.76. The Bertz CT molecular complexity index is 367. The van der Waals surface area contributed by atoms with Crippen molar-refractivity contribution in [3.05, 3.63) is 35.1 Å². The molecule has 0 saturated carbocycles. The molecule has 0 spiro atoms. The van der Waals surface area contributed by atoms with Crippen molar-refractivity contribution in [3.63, 3.8) is 0 Å².